The average Bonchev–Trinajstić information content (AvgIpc) is 1.87. The van der Waals surface area contributed by atoms with Gasteiger partial charge in [0.2, 0.25) is 0 Å². The number of carboxylic acid groups (broad SMARTS) is 1. The summed E-state index contributed by atoms with van der Waals surface area (Å²) in [7, 11) is 0. The lowest BCUT2D eigenvalue weighted by Crippen LogP contribution is -2.41. The van der Waals surface area contributed by atoms with Crippen LogP contribution in [0.4, 0.5) is 0 Å². The minimum atomic E-state index is -1.03. The molecule has 0 rings (SSSR count). The summed E-state index contributed by atoms with van der Waals surface area (Å²) in [5.41, 5.74) is 5.22. The highest BCUT2D eigenvalue weighted by Crippen LogP contribution is 1.95. The van der Waals surface area contributed by atoms with Gasteiger partial charge in [-0.3, -0.25) is 4.79 Å². The largest absolute Gasteiger partial charge is 0.480 e. The molecule has 0 amide bonds. The Labute approximate surface area is 60.0 Å². The first-order valence-corrected chi connectivity index (χ1v) is 3.19. The summed E-state index contributed by atoms with van der Waals surface area (Å²) in [6.07, 6.45) is -0.414. The quantitative estimate of drug-likeness (QED) is 0.578. The van der Waals surface area contributed by atoms with E-state index in [0.29, 0.717) is 6.61 Å². The molecule has 4 heteroatoms. The van der Waals surface area contributed by atoms with E-state index in [9.17, 15) is 4.79 Å². The van der Waals surface area contributed by atoms with E-state index in [2.05, 4.69) is 0 Å². The second-order valence-electron chi connectivity index (χ2n) is 2.02. The van der Waals surface area contributed by atoms with Crippen molar-refractivity contribution in [1.29, 1.82) is 0 Å². The Morgan fingerprint density at radius 3 is 2.60 bits per heavy atom. The third-order valence-corrected chi connectivity index (χ3v) is 1.22. The first-order chi connectivity index (χ1) is 4.59. The van der Waals surface area contributed by atoms with Crippen LogP contribution in [0.3, 0.4) is 0 Å². The zero-order valence-corrected chi connectivity index (χ0v) is 6.20. The molecule has 2 atom stereocenters. The minimum absolute atomic E-state index is 0.414. The minimum Gasteiger partial charge on any atom is -0.480 e. The Balaban J connectivity index is 3.69. The van der Waals surface area contributed by atoms with Gasteiger partial charge in [-0.2, -0.15) is 0 Å². The van der Waals surface area contributed by atoms with E-state index in [0.717, 1.165) is 0 Å². The van der Waals surface area contributed by atoms with Crippen molar-refractivity contribution in [2.24, 2.45) is 5.73 Å². The van der Waals surface area contributed by atoms with Gasteiger partial charge in [0.05, 0.1) is 6.10 Å². The summed E-state index contributed by atoms with van der Waals surface area (Å²) in [6, 6.07) is -0.917. The Kier molecular flexibility index (Phi) is 3.99. The first kappa shape index (κ1) is 9.39. The fourth-order valence-electron chi connectivity index (χ4n) is 0.567. The maximum atomic E-state index is 10.2. The summed E-state index contributed by atoms with van der Waals surface area (Å²) < 4.78 is 4.96. The van der Waals surface area contributed by atoms with Gasteiger partial charge in [0.1, 0.15) is 6.04 Å². The van der Waals surface area contributed by atoms with E-state index in [1.165, 1.54) is 0 Å². The van der Waals surface area contributed by atoms with Crippen LogP contribution in [-0.4, -0.2) is 29.8 Å². The van der Waals surface area contributed by atoms with E-state index < -0.39 is 18.1 Å². The van der Waals surface area contributed by atoms with E-state index in [4.69, 9.17) is 15.6 Å². The molecular weight excluding hydrogens is 134 g/mol. The number of hydrogen-bond donors (Lipinski definition) is 2. The highest BCUT2D eigenvalue weighted by Gasteiger charge is 2.19. The smallest absolute Gasteiger partial charge is 0.323 e. The fourth-order valence-corrected chi connectivity index (χ4v) is 0.567. The molecule has 10 heavy (non-hydrogen) atoms. The molecule has 0 radical (unpaired) electrons. The molecule has 0 fully saturated rings. The van der Waals surface area contributed by atoms with Gasteiger partial charge < -0.3 is 15.6 Å². The average molecular weight is 147 g/mol. The van der Waals surface area contributed by atoms with Crippen LogP contribution in [0.15, 0.2) is 0 Å². The van der Waals surface area contributed by atoms with Crippen molar-refractivity contribution in [2.45, 2.75) is 26.0 Å². The predicted molar refractivity (Wildman–Crippen MR) is 36.7 cm³/mol. The van der Waals surface area contributed by atoms with Crippen LogP contribution in [0, 0.1) is 0 Å². The Hall–Kier alpha value is -0.610. The molecule has 2 unspecified atom stereocenters. The third-order valence-electron chi connectivity index (χ3n) is 1.22. The van der Waals surface area contributed by atoms with Crippen molar-refractivity contribution >= 4 is 5.97 Å². The zero-order chi connectivity index (χ0) is 8.15. The van der Waals surface area contributed by atoms with Gasteiger partial charge in [0.15, 0.2) is 0 Å². The van der Waals surface area contributed by atoms with E-state index in [1.54, 1.807) is 13.8 Å². The van der Waals surface area contributed by atoms with E-state index in [-0.39, 0.29) is 0 Å². The monoisotopic (exact) mass is 147 g/mol. The van der Waals surface area contributed by atoms with Crippen LogP contribution >= 0.6 is 0 Å². The lowest BCUT2D eigenvalue weighted by atomic mass is 10.2. The molecule has 0 aliphatic rings. The van der Waals surface area contributed by atoms with Gasteiger partial charge >= 0.3 is 5.97 Å². The molecule has 0 aromatic carbocycles. The van der Waals surface area contributed by atoms with Crippen molar-refractivity contribution in [3.8, 4) is 0 Å². The van der Waals surface area contributed by atoms with Gasteiger partial charge in [-0.05, 0) is 13.8 Å². The summed E-state index contributed by atoms with van der Waals surface area (Å²) in [5, 5.41) is 8.37. The Bertz CT molecular complexity index is 116. The van der Waals surface area contributed by atoms with Crippen molar-refractivity contribution < 1.29 is 14.6 Å². The summed E-state index contributed by atoms with van der Waals surface area (Å²) in [6.45, 7) is 3.93. The number of aliphatic carboxylic acids is 1. The lowest BCUT2D eigenvalue weighted by Gasteiger charge is -2.14. The van der Waals surface area contributed by atoms with Crippen LogP contribution in [-0.2, 0) is 9.53 Å². The highest BCUT2D eigenvalue weighted by molar-refractivity contribution is 5.73. The summed E-state index contributed by atoms with van der Waals surface area (Å²) in [4.78, 5) is 10.2. The van der Waals surface area contributed by atoms with Crippen molar-refractivity contribution in [1.82, 2.24) is 0 Å². The third kappa shape index (κ3) is 2.80. The SMILES string of the molecule is CCOC(C)C(N)C(=O)O. The number of carboxylic acids is 1. The van der Waals surface area contributed by atoms with Gasteiger partial charge in [0.25, 0.3) is 0 Å². The van der Waals surface area contributed by atoms with E-state index >= 15 is 0 Å². The van der Waals surface area contributed by atoms with Crippen LogP contribution in [0.1, 0.15) is 13.8 Å². The highest BCUT2D eigenvalue weighted by atomic mass is 16.5. The maximum absolute atomic E-state index is 10.2. The number of nitrogens with two attached hydrogens (primary N) is 1. The lowest BCUT2D eigenvalue weighted by molar-refractivity contribution is -0.141. The molecule has 0 heterocycles. The second kappa shape index (κ2) is 4.24. The predicted octanol–water partition coefficient (Wildman–Crippen LogP) is -0.177. The molecule has 4 nitrogen and oxygen atoms in total. The van der Waals surface area contributed by atoms with Crippen LogP contribution in [0.2, 0.25) is 0 Å². The van der Waals surface area contributed by atoms with Gasteiger partial charge in [-0.15, -0.1) is 0 Å². The molecule has 60 valence electrons. The molecule has 0 aliphatic heterocycles. The molecule has 3 N–H and O–H groups in total. The van der Waals surface area contributed by atoms with Gasteiger partial charge in [-0.25, -0.2) is 0 Å². The zero-order valence-electron chi connectivity index (χ0n) is 6.20. The fraction of sp³-hybridized carbons (Fsp3) is 0.833. The topological polar surface area (TPSA) is 72.5 Å². The van der Waals surface area contributed by atoms with Crippen LogP contribution in [0.25, 0.3) is 0 Å². The Morgan fingerprint density at radius 2 is 2.30 bits per heavy atom. The molecule has 0 aliphatic carbocycles. The number of ether oxygens (including phenoxy) is 1. The molecular formula is C6H13NO3. The maximum Gasteiger partial charge on any atom is 0.323 e. The van der Waals surface area contributed by atoms with Crippen molar-refractivity contribution in [2.75, 3.05) is 6.61 Å². The molecule has 0 bridgehead atoms. The first-order valence-electron chi connectivity index (χ1n) is 3.19. The number of carbonyl (C=O) groups is 1. The molecule has 0 aromatic rings. The number of hydrogen-bond acceptors (Lipinski definition) is 3. The van der Waals surface area contributed by atoms with Gasteiger partial charge in [0, 0.05) is 6.61 Å². The van der Waals surface area contributed by atoms with Gasteiger partial charge in [-0.1, -0.05) is 0 Å². The number of rotatable bonds is 4. The standard InChI is InChI=1S/C6H13NO3/c1-3-10-4(2)5(7)6(8)9/h4-5H,3,7H2,1-2H3,(H,8,9). The summed E-state index contributed by atoms with van der Waals surface area (Å²) >= 11 is 0. The van der Waals surface area contributed by atoms with Crippen molar-refractivity contribution in [3.63, 3.8) is 0 Å². The molecule has 0 saturated carbocycles. The molecule has 0 aromatic heterocycles. The van der Waals surface area contributed by atoms with E-state index in [1.807, 2.05) is 0 Å². The van der Waals surface area contributed by atoms with Crippen LogP contribution < -0.4 is 5.73 Å². The molecule has 0 spiro atoms. The molecule has 0 saturated heterocycles. The second-order valence-corrected chi connectivity index (χ2v) is 2.02. The summed E-state index contributed by atoms with van der Waals surface area (Å²) in [5.74, 6) is -1.03. The Morgan fingerprint density at radius 1 is 1.80 bits per heavy atom. The van der Waals surface area contributed by atoms with Crippen LogP contribution in [0.5, 0.6) is 0 Å². The normalized spacial score (nSPS) is 16.3. The van der Waals surface area contributed by atoms with Crippen molar-refractivity contribution in [3.05, 3.63) is 0 Å².